The van der Waals surface area contributed by atoms with Crippen molar-refractivity contribution in [2.75, 3.05) is 12.4 Å². The number of aromatic nitrogens is 2. The van der Waals surface area contributed by atoms with Gasteiger partial charge in [0.05, 0.1) is 19.0 Å². The maximum absolute atomic E-state index is 11.7. The minimum Gasteiger partial charge on any atom is -0.469 e. The molecule has 5 nitrogen and oxygen atoms in total. The minimum absolute atomic E-state index is 0.144. The number of fused-ring (bicyclic) bond motifs is 1. The van der Waals surface area contributed by atoms with Crippen LogP contribution in [0.4, 0.5) is 5.82 Å². The van der Waals surface area contributed by atoms with Crippen LogP contribution in [0.5, 0.6) is 0 Å². The zero-order valence-electron chi connectivity index (χ0n) is 13.2. The first-order chi connectivity index (χ1) is 10.3. The lowest BCUT2D eigenvalue weighted by molar-refractivity contribution is -0.141. The predicted octanol–water partition coefficient (Wildman–Crippen LogP) is 3.67. The standard InChI is InChI=1S/C16H20ClN3O2/c1-16(2,3)12(9-13(21)22-4)19-14-10-7-5-6-8-11(10)18-15(17)20-14/h5-8,12H,9H2,1-4H3,(H,18,19,20)/t12-/m1/s1. The third-order valence-corrected chi connectivity index (χ3v) is 3.70. The summed E-state index contributed by atoms with van der Waals surface area (Å²) in [6.07, 6.45) is 0.246. The van der Waals surface area contributed by atoms with Gasteiger partial charge in [-0.25, -0.2) is 9.97 Å². The molecule has 118 valence electrons. The van der Waals surface area contributed by atoms with Crippen LogP contribution in [0.15, 0.2) is 24.3 Å². The largest absolute Gasteiger partial charge is 0.469 e. The van der Waals surface area contributed by atoms with Crippen LogP contribution in [-0.2, 0) is 9.53 Å². The van der Waals surface area contributed by atoms with Gasteiger partial charge in [0, 0.05) is 11.4 Å². The number of para-hydroxylation sites is 1. The van der Waals surface area contributed by atoms with Crippen molar-refractivity contribution >= 4 is 34.3 Å². The molecule has 0 aliphatic rings. The summed E-state index contributed by atoms with van der Waals surface area (Å²) in [5.74, 6) is 0.358. The average Bonchev–Trinajstić information content (AvgIpc) is 2.45. The molecule has 0 aliphatic heterocycles. The number of esters is 1. The van der Waals surface area contributed by atoms with Crippen LogP contribution in [0.25, 0.3) is 10.9 Å². The summed E-state index contributed by atoms with van der Waals surface area (Å²) < 4.78 is 4.79. The number of hydrogen-bond acceptors (Lipinski definition) is 5. The number of nitrogens with one attached hydrogen (secondary N) is 1. The summed E-state index contributed by atoms with van der Waals surface area (Å²) in [6, 6.07) is 7.46. The van der Waals surface area contributed by atoms with Gasteiger partial charge in [0.2, 0.25) is 5.28 Å². The Balaban J connectivity index is 2.39. The molecule has 0 saturated heterocycles. The van der Waals surface area contributed by atoms with Crippen molar-refractivity contribution in [1.29, 1.82) is 0 Å². The number of halogens is 1. The Morgan fingerprint density at radius 3 is 2.64 bits per heavy atom. The highest BCUT2D eigenvalue weighted by molar-refractivity contribution is 6.28. The van der Waals surface area contributed by atoms with Gasteiger partial charge in [-0.15, -0.1) is 0 Å². The van der Waals surface area contributed by atoms with E-state index in [-0.39, 0.29) is 29.1 Å². The first kappa shape index (κ1) is 16.5. The van der Waals surface area contributed by atoms with Crippen LogP contribution in [0, 0.1) is 5.41 Å². The van der Waals surface area contributed by atoms with Gasteiger partial charge in [-0.2, -0.15) is 0 Å². The second-order valence-electron chi connectivity index (χ2n) is 6.20. The Kier molecular flexibility index (Phi) is 4.86. The van der Waals surface area contributed by atoms with Crippen molar-refractivity contribution in [2.45, 2.75) is 33.2 Å². The molecule has 0 radical (unpaired) electrons. The Bertz CT molecular complexity index is 683. The lowest BCUT2D eigenvalue weighted by atomic mass is 9.84. The fourth-order valence-electron chi connectivity index (χ4n) is 2.15. The van der Waals surface area contributed by atoms with Gasteiger partial charge < -0.3 is 10.1 Å². The molecule has 0 fully saturated rings. The zero-order chi connectivity index (χ0) is 16.3. The van der Waals surface area contributed by atoms with Crippen LogP contribution in [0.2, 0.25) is 5.28 Å². The fourth-order valence-corrected chi connectivity index (χ4v) is 2.32. The molecule has 1 N–H and O–H groups in total. The molecule has 22 heavy (non-hydrogen) atoms. The number of rotatable bonds is 4. The Morgan fingerprint density at radius 2 is 2.00 bits per heavy atom. The third-order valence-electron chi connectivity index (χ3n) is 3.53. The van der Waals surface area contributed by atoms with E-state index in [1.165, 1.54) is 7.11 Å². The van der Waals surface area contributed by atoms with Crippen molar-refractivity contribution in [3.8, 4) is 0 Å². The molecule has 0 amide bonds. The highest BCUT2D eigenvalue weighted by atomic mass is 35.5. The van der Waals surface area contributed by atoms with Gasteiger partial charge in [0.15, 0.2) is 0 Å². The molecule has 2 aromatic rings. The highest BCUT2D eigenvalue weighted by Gasteiger charge is 2.28. The summed E-state index contributed by atoms with van der Waals surface area (Å²) in [4.78, 5) is 20.2. The maximum atomic E-state index is 11.7. The number of methoxy groups -OCH3 is 1. The SMILES string of the molecule is COC(=O)C[C@@H](Nc1nc(Cl)nc2ccccc12)C(C)(C)C. The molecule has 0 unspecified atom stereocenters. The molecular weight excluding hydrogens is 302 g/mol. The summed E-state index contributed by atoms with van der Waals surface area (Å²) in [7, 11) is 1.39. The Morgan fingerprint density at radius 1 is 1.32 bits per heavy atom. The molecule has 0 aliphatic carbocycles. The molecule has 1 atom stereocenters. The molecule has 6 heteroatoms. The number of anilines is 1. The van der Waals surface area contributed by atoms with Crippen molar-refractivity contribution in [2.24, 2.45) is 5.41 Å². The number of benzene rings is 1. The number of hydrogen-bond donors (Lipinski definition) is 1. The smallest absolute Gasteiger partial charge is 0.307 e. The molecule has 1 heterocycles. The molecule has 0 bridgehead atoms. The van der Waals surface area contributed by atoms with Crippen LogP contribution >= 0.6 is 11.6 Å². The van der Waals surface area contributed by atoms with Crippen molar-refractivity contribution in [3.63, 3.8) is 0 Å². The second kappa shape index (κ2) is 6.48. The summed E-state index contributed by atoms with van der Waals surface area (Å²) >= 11 is 6.00. The van der Waals surface area contributed by atoms with E-state index in [9.17, 15) is 4.79 Å². The topological polar surface area (TPSA) is 64.1 Å². The summed E-state index contributed by atoms with van der Waals surface area (Å²) in [5, 5.41) is 4.37. The van der Waals surface area contributed by atoms with Crippen molar-refractivity contribution < 1.29 is 9.53 Å². The van der Waals surface area contributed by atoms with Crippen molar-refractivity contribution in [3.05, 3.63) is 29.5 Å². The predicted molar refractivity (Wildman–Crippen MR) is 88.0 cm³/mol. The van der Waals surface area contributed by atoms with Gasteiger partial charge in [0.25, 0.3) is 0 Å². The second-order valence-corrected chi connectivity index (χ2v) is 6.54. The van der Waals surface area contributed by atoms with E-state index >= 15 is 0 Å². The number of carbonyl (C=O) groups excluding carboxylic acids is 1. The first-order valence-corrected chi connectivity index (χ1v) is 7.44. The van der Waals surface area contributed by atoms with Crippen LogP contribution in [0.3, 0.4) is 0 Å². The molecule has 2 rings (SSSR count). The third kappa shape index (κ3) is 3.85. The molecule has 0 spiro atoms. The van der Waals surface area contributed by atoms with Gasteiger partial charge >= 0.3 is 5.97 Å². The van der Waals surface area contributed by atoms with Crippen LogP contribution in [0.1, 0.15) is 27.2 Å². The summed E-state index contributed by atoms with van der Waals surface area (Å²) in [6.45, 7) is 6.16. The van der Waals surface area contributed by atoms with E-state index in [2.05, 4.69) is 36.1 Å². The monoisotopic (exact) mass is 321 g/mol. The zero-order valence-corrected chi connectivity index (χ0v) is 13.9. The van der Waals surface area contributed by atoms with Gasteiger partial charge in [-0.05, 0) is 29.1 Å². The number of nitrogens with zero attached hydrogens (tertiary/aromatic N) is 2. The fraction of sp³-hybridized carbons (Fsp3) is 0.438. The van der Waals surface area contributed by atoms with E-state index in [4.69, 9.17) is 16.3 Å². The van der Waals surface area contributed by atoms with Crippen LogP contribution in [-0.4, -0.2) is 29.1 Å². The summed E-state index contributed by atoms with van der Waals surface area (Å²) in [5.41, 5.74) is 0.600. The quantitative estimate of drug-likeness (QED) is 0.687. The van der Waals surface area contributed by atoms with E-state index in [1.807, 2.05) is 24.3 Å². The van der Waals surface area contributed by atoms with Gasteiger partial charge in [0.1, 0.15) is 5.82 Å². The molecule has 1 aromatic heterocycles. The highest BCUT2D eigenvalue weighted by Crippen LogP contribution is 2.29. The van der Waals surface area contributed by atoms with Crippen LogP contribution < -0.4 is 5.32 Å². The minimum atomic E-state index is -0.267. The Hall–Kier alpha value is -1.88. The van der Waals surface area contributed by atoms with E-state index in [0.29, 0.717) is 5.82 Å². The van der Waals surface area contributed by atoms with E-state index in [1.54, 1.807) is 0 Å². The lowest BCUT2D eigenvalue weighted by Gasteiger charge is -2.31. The van der Waals surface area contributed by atoms with Gasteiger partial charge in [-0.3, -0.25) is 4.79 Å². The van der Waals surface area contributed by atoms with E-state index < -0.39 is 0 Å². The maximum Gasteiger partial charge on any atom is 0.307 e. The normalized spacial score (nSPS) is 13.0. The molecule has 0 saturated carbocycles. The first-order valence-electron chi connectivity index (χ1n) is 7.07. The van der Waals surface area contributed by atoms with Gasteiger partial charge in [-0.1, -0.05) is 32.9 Å². The average molecular weight is 322 g/mol. The Labute approximate surface area is 135 Å². The van der Waals surface area contributed by atoms with E-state index in [0.717, 1.165) is 10.9 Å². The van der Waals surface area contributed by atoms with Crippen molar-refractivity contribution in [1.82, 2.24) is 9.97 Å². The number of ether oxygens (including phenoxy) is 1. The lowest BCUT2D eigenvalue weighted by Crippen LogP contribution is -2.36. The number of carbonyl (C=O) groups is 1. The molecular formula is C16H20ClN3O2. The molecule has 1 aromatic carbocycles.